The van der Waals surface area contributed by atoms with Crippen LogP contribution >= 0.6 is 23.2 Å². The number of rotatable bonds is 11. The molecule has 0 radical (unpaired) electrons. The molecule has 0 unspecified atom stereocenters. The Morgan fingerprint density at radius 2 is 1.78 bits per heavy atom. The predicted octanol–water partition coefficient (Wildman–Crippen LogP) is 4.96. The van der Waals surface area contributed by atoms with Crippen molar-refractivity contribution in [2.75, 3.05) is 24.6 Å². The maximum Gasteiger partial charge on any atom is 0.433 e. The number of hydrogen-bond donors (Lipinski definition) is 3. The second-order valence-corrected chi connectivity index (χ2v) is 10.9. The number of anilines is 1. The number of carbonyl (C=O) groups is 3. The Bertz CT molecular complexity index is 1550. The molecule has 1 aliphatic rings. The number of piperidine rings is 1. The van der Waals surface area contributed by atoms with Crippen molar-refractivity contribution in [3.8, 4) is 0 Å². The molecule has 0 aliphatic carbocycles. The lowest BCUT2D eigenvalue weighted by Crippen LogP contribution is -2.48. The van der Waals surface area contributed by atoms with E-state index in [-0.39, 0.29) is 60.8 Å². The van der Waals surface area contributed by atoms with Crippen LogP contribution in [-0.2, 0) is 31.9 Å². The van der Waals surface area contributed by atoms with Gasteiger partial charge in [0.2, 0.25) is 11.9 Å². The van der Waals surface area contributed by atoms with Crippen molar-refractivity contribution in [1.29, 1.82) is 0 Å². The molecule has 2 aromatic carbocycles. The standard InChI is InChI=1S/C30H28Cl2F3N5O5/c31-21-7-6-19(14-22(21)32)15-23(27(42)38-24(28(43)44)17-45-16-18-4-2-1-3-5-18)37-26(41)20-9-12-40(13-10-20)29-36-11-8-25(39-29)30(33,34)35/h1-8,11,14-15,20,24H,9-10,12-13,16-17H2,(H,37,41)(H,38,42)(H,43,44)/b23-15+/t24-/m1/s1. The summed E-state index contributed by atoms with van der Waals surface area (Å²) >= 11 is 12.1. The Morgan fingerprint density at radius 1 is 1.07 bits per heavy atom. The van der Waals surface area contributed by atoms with Crippen molar-refractivity contribution in [3.05, 3.63) is 93.4 Å². The summed E-state index contributed by atoms with van der Waals surface area (Å²) in [5.41, 5.74) is -0.110. The maximum atomic E-state index is 13.3. The van der Waals surface area contributed by atoms with Crippen molar-refractivity contribution in [2.45, 2.75) is 31.7 Å². The topological polar surface area (TPSA) is 134 Å². The SMILES string of the molecule is O=C(N[C@H](COCc1ccccc1)C(=O)O)/C(=C\c1ccc(Cl)c(Cl)c1)NC(=O)C1CCN(c2nccc(C(F)(F)F)n2)CC1. The highest BCUT2D eigenvalue weighted by Gasteiger charge is 2.34. The van der Waals surface area contributed by atoms with Crippen LogP contribution in [0.4, 0.5) is 19.1 Å². The summed E-state index contributed by atoms with van der Waals surface area (Å²) in [4.78, 5) is 47.6. The minimum absolute atomic E-state index is 0.0996. The van der Waals surface area contributed by atoms with Gasteiger partial charge in [-0.15, -0.1) is 0 Å². The van der Waals surface area contributed by atoms with Crippen LogP contribution in [0.15, 0.2) is 66.5 Å². The van der Waals surface area contributed by atoms with Gasteiger partial charge < -0.3 is 25.4 Å². The lowest BCUT2D eigenvalue weighted by Gasteiger charge is -2.31. The number of amides is 2. The van der Waals surface area contributed by atoms with Gasteiger partial charge in [-0.1, -0.05) is 59.6 Å². The van der Waals surface area contributed by atoms with E-state index in [1.807, 2.05) is 6.07 Å². The molecule has 3 aromatic rings. The van der Waals surface area contributed by atoms with Gasteiger partial charge in [-0.25, -0.2) is 14.8 Å². The molecule has 15 heteroatoms. The van der Waals surface area contributed by atoms with Gasteiger partial charge in [-0.3, -0.25) is 9.59 Å². The summed E-state index contributed by atoms with van der Waals surface area (Å²) in [7, 11) is 0. The van der Waals surface area contributed by atoms with E-state index in [4.69, 9.17) is 27.9 Å². The first-order valence-electron chi connectivity index (χ1n) is 13.7. The smallest absolute Gasteiger partial charge is 0.433 e. The van der Waals surface area contributed by atoms with E-state index in [0.29, 0.717) is 5.56 Å². The van der Waals surface area contributed by atoms with Crippen LogP contribution in [0.25, 0.3) is 6.08 Å². The molecule has 1 aromatic heterocycles. The van der Waals surface area contributed by atoms with Crippen LogP contribution < -0.4 is 15.5 Å². The number of carboxylic acids is 1. The molecule has 4 rings (SSSR count). The molecule has 1 fully saturated rings. The highest BCUT2D eigenvalue weighted by molar-refractivity contribution is 6.42. The first kappa shape index (κ1) is 33.7. The zero-order valence-electron chi connectivity index (χ0n) is 23.6. The number of nitrogens with one attached hydrogen (secondary N) is 2. The van der Waals surface area contributed by atoms with Crippen LogP contribution in [0.3, 0.4) is 0 Å². The molecule has 0 bridgehead atoms. The summed E-state index contributed by atoms with van der Waals surface area (Å²) < 4.78 is 44.8. The van der Waals surface area contributed by atoms with Gasteiger partial charge in [-0.2, -0.15) is 13.2 Å². The van der Waals surface area contributed by atoms with Crippen molar-refractivity contribution >= 4 is 53.0 Å². The molecule has 1 atom stereocenters. The van der Waals surface area contributed by atoms with Gasteiger partial charge in [-0.05, 0) is 48.2 Å². The van der Waals surface area contributed by atoms with Crippen molar-refractivity contribution in [2.24, 2.45) is 5.92 Å². The third-order valence-electron chi connectivity index (χ3n) is 6.84. The summed E-state index contributed by atoms with van der Waals surface area (Å²) in [6.07, 6.45) is -1.80. The lowest BCUT2D eigenvalue weighted by molar-refractivity contribution is -0.143. The van der Waals surface area contributed by atoms with Gasteiger partial charge in [0.1, 0.15) is 11.4 Å². The van der Waals surface area contributed by atoms with Gasteiger partial charge in [0.05, 0.1) is 23.3 Å². The summed E-state index contributed by atoms with van der Waals surface area (Å²) in [5, 5.41) is 15.1. The highest BCUT2D eigenvalue weighted by atomic mass is 35.5. The Labute approximate surface area is 266 Å². The van der Waals surface area contributed by atoms with Crippen LogP contribution in [0.2, 0.25) is 10.0 Å². The van der Waals surface area contributed by atoms with E-state index in [1.54, 1.807) is 35.2 Å². The van der Waals surface area contributed by atoms with E-state index in [2.05, 4.69) is 20.6 Å². The maximum absolute atomic E-state index is 13.3. The Balaban J connectivity index is 1.45. The number of alkyl halides is 3. The average molecular weight is 666 g/mol. The zero-order valence-corrected chi connectivity index (χ0v) is 25.1. The van der Waals surface area contributed by atoms with E-state index in [0.717, 1.165) is 17.8 Å². The molecule has 2 heterocycles. The number of carbonyl (C=O) groups excluding carboxylic acids is 2. The number of benzene rings is 2. The predicted molar refractivity (Wildman–Crippen MR) is 160 cm³/mol. The average Bonchev–Trinajstić information content (AvgIpc) is 3.02. The first-order chi connectivity index (χ1) is 21.4. The largest absolute Gasteiger partial charge is 0.480 e. The highest BCUT2D eigenvalue weighted by Crippen LogP contribution is 2.29. The molecular weight excluding hydrogens is 638 g/mol. The minimum Gasteiger partial charge on any atom is -0.480 e. The van der Waals surface area contributed by atoms with Crippen LogP contribution in [0, 0.1) is 5.92 Å². The lowest BCUT2D eigenvalue weighted by atomic mass is 9.96. The molecule has 45 heavy (non-hydrogen) atoms. The van der Waals surface area contributed by atoms with Gasteiger partial charge in [0, 0.05) is 25.2 Å². The van der Waals surface area contributed by atoms with Crippen molar-refractivity contribution in [1.82, 2.24) is 20.6 Å². The van der Waals surface area contributed by atoms with E-state index in [9.17, 15) is 32.7 Å². The van der Waals surface area contributed by atoms with E-state index >= 15 is 0 Å². The van der Waals surface area contributed by atoms with E-state index < -0.39 is 41.6 Å². The Hall–Kier alpha value is -4.20. The van der Waals surface area contributed by atoms with Crippen molar-refractivity contribution in [3.63, 3.8) is 0 Å². The van der Waals surface area contributed by atoms with Crippen molar-refractivity contribution < 1.29 is 37.4 Å². The van der Waals surface area contributed by atoms with Crippen LogP contribution in [0.1, 0.15) is 29.7 Å². The summed E-state index contributed by atoms with van der Waals surface area (Å²) in [5.74, 6) is -3.48. The third kappa shape index (κ3) is 9.64. The Morgan fingerprint density at radius 3 is 2.42 bits per heavy atom. The molecule has 0 saturated carbocycles. The number of halogens is 5. The van der Waals surface area contributed by atoms with Crippen LogP contribution in [-0.4, -0.2) is 58.6 Å². The van der Waals surface area contributed by atoms with E-state index in [1.165, 1.54) is 18.2 Å². The molecule has 10 nitrogen and oxygen atoms in total. The number of aliphatic carboxylic acids is 1. The number of nitrogens with zero attached hydrogens (tertiary/aromatic N) is 3. The number of hydrogen-bond acceptors (Lipinski definition) is 7. The van der Waals surface area contributed by atoms with Gasteiger partial charge in [0.25, 0.3) is 5.91 Å². The second kappa shape index (κ2) is 15.2. The van der Waals surface area contributed by atoms with Gasteiger partial charge in [0.15, 0.2) is 6.04 Å². The monoisotopic (exact) mass is 665 g/mol. The number of ether oxygens (including phenoxy) is 1. The zero-order chi connectivity index (χ0) is 32.6. The van der Waals surface area contributed by atoms with Gasteiger partial charge >= 0.3 is 12.1 Å². The third-order valence-corrected chi connectivity index (χ3v) is 7.58. The minimum atomic E-state index is -4.62. The van der Waals surface area contributed by atoms with Crippen LogP contribution in [0.5, 0.6) is 0 Å². The fourth-order valence-electron chi connectivity index (χ4n) is 4.44. The summed E-state index contributed by atoms with van der Waals surface area (Å²) in [6.45, 7) is 0.155. The normalized spacial score (nSPS) is 15.0. The quantitative estimate of drug-likeness (QED) is 0.245. The first-order valence-corrected chi connectivity index (χ1v) is 14.4. The molecule has 2 amide bonds. The molecule has 0 spiro atoms. The molecule has 3 N–H and O–H groups in total. The fraction of sp³-hybridized carbons (Fsp3) is 0.300. The molecule has 1 aliphatic heterocycles. The number of aromatic nitrogens is 2. The fourth-order valence-corrected chi connectivity index (χ4v) is 4.75. The molecule has 238 valence electrons. The Kier molecular flexibility index (Phi) is 11.4. The number of carboxylic acid groups (broad SMARTS) is 1. The molecular formula is C30H28Cl2F3N5O5. The second-order valence-electron chi connectivity index (χ2n) is 10.1. The molecule has 1 saturated heterocycles. The summed E-state index contributed by atoms with van der Waals surface area (Å²) in [6, 6.07) is 12.9.